The van der Waals surface area contributed by atoms with Crippen LogP contribution < -0.4 is 5.73 Å². The second-order valence-electron chi connectivity index (χ2n) is 4.17. The molecule has 8 heteroatoms. The lowest BCUT2D eigenvalue weighted by Gasteiger charge is -2.19. The first kappa shape index (κ1) is 16.3. The molecule has 0 rings (SSSR count). The fraction of sp³-hybridized carbons (Fsp3) is 0.889. The lowest BCUT2D eigenvalue weighted by Crippen LogP contribution is -2.38. The van der Waals surface area contributed by atoms with E-state index in [-0.39, 0.29) is 12.2 Å². The number of likely N-dealkylation sites (N-methyl/N-ethyl adjacent to an activating group) is 2. The molecule has 0 bridgehead atoms. The van der Waals surface area contributed by atoms with Crippen molar-refractivity contribution < 1.29 is 18.3 Å². The van der Waals surface area contributed by atoms with E-state index in [0.29, 0.717) is 13.1 Å². The molecule has 3 N–H and O–H groups in total. The third-order valence-corrected chi connectivity index (χ3v) is 4.22. The summed E-state index contributed by atoms with van der Waals surface area (Å²) in [6.45, 7) is 0.984. The van der Waals surface area contributed by atoms with E-state index in [1.54, 1.807) is 0 Å². The molecule has 102 valence electrons. The van der Waals surface area contributed by atoms with Crippen molar-refractivity contribution in [3.63, 3.8) is 0 Å². The number of nitrogens with zero attached hydrogens (tertiary/aromatic N) is 2. The Bertz CT molecular complexity index is 342. The summed E-state index contributed by atoms with van der Waals surface area (Å²) in [4.78, 5) is 12.3. The van der Waals surface area contributed by atoms with Crippen LogP contribution >= 0.6 is 0 Å². The average molecular weight is 267 g/mol. The van der Waals surface area contributed by atoms with Gasteiger partial charge in [-0.3, -0.25) is 4.79 Å². The average Bonchev–Trinajstić information content (AvgIpc) is 2.22. The van der Waals surface area contributed by atoms with Crippen LogP contribution in [0.1, 0.15) is 6.42 Å². The van der Waals surface area contributed by atoms with Gasteiger partial charge in [-0.05, 0) is 20.5 Å². The van der Waals surface area contributed by atoms with E-state index in [0.717, 1.165) is 0 Å². The first-order chi connectivity index (χ1) is 7.66. The highest BCUT2D eigenvalue weighted by molar-refractivity contribution is 7.89. The van der Waals surface area contributed by atoms with Crippen molar-refractivity contribution >= 4 is 16.0 Å². The van der Waals surface area contributed by atoms with Crippen molar-refractivity contribution in [1.29, 1.82) is 0 Å². The van der Waals surface area contributed by atoms with E-state index in [1.165, 1.54) is 11.4 Å². The van der Waals surface area contributed by atoms with Crippen LogP contribution in [0.3, 0.4) is 0 Å². The zero-order valence-electron chi connectivity index (χ0n) is 10.5. The topological polar surface area (TPSA) is 104 Å². The van der Waals surface area contributed by atoms with Gasteiger partial charge in [0.25, 0.3) is 0 Å². The predicted octanol–water partition coefficient (Wildman–Crippen LogP) is -1.39. The molecule has 17 heavy (non-hydrogen) atoms. The number of aliphatic carboxylic acids is 1. The molecule has 0 unspecified atom stereocenters. The summed E-state index contributed by atoms with van der Waals surface area (Å²) in [5.41, 5.74) is 5.26. The normalized spacial score (nSPS) is 14.2. The van der Waals surface area contributed by atoms with Crippen LogP contribution in [0, 0.1) is 0 Å². The number of rotatable bonds is 8. The standard InChI is InChI=1S/C9H21N3O4S/c1-11(2)5-6-12(3)17(15,16)7-4-8(10)9(13)14/h8H,4-7,10H2,1-3H3,(H,13,14)/t8-/m0/s1. The number of nitrogens with two attached hydrogens (primary N) is 1. The van der Waals surface area contributed by atoms with Crippen LogP contribution in [-0.4, -0.2) is 74.7 Å². The monoisotopic (exact) mass is 267 g/mol. The minimum atomic E-state index is -3.42. The quantitative estimate of drug-likeness (QED) is 0.561. The van der Waals surface area contributed by atoms with Crippen LogP contribution in [-0.2, 0) is 14.8 Å². The molecule has 0 saturated heterocycles. The van der Waals surface area contributed by atoms with Gasteiger partial charge in [-0.2, -0.15) is 0 Å². The first-order valence-electron chi connectivity index (χ1n) is 5.24. The van der Waals surface area contributed by atoms with Crippen LogP contribution in [0.2, 0.25) is 0 Å². The van der Waals surface area contributed by atoms with Crippen molar-refractivity contribution in [2.24, 2.45) is 5.73 Å². The molecule has 0 radical (unpaired) electrons. The maximum absolute atomic E-state index is 11.7. The lowest BCUT2D eigenvalue weighted by molar-refractivity contribution is -0.138. The predicted molar refractivity (Wildman–Crippen MR) is 65.2 cm³/mol. The number of carbonyl (C=O) groups is 1. The maximum atomic E-state index is 11.7. The van der Waals surface area contributed by atoms with Gasteiger partial charge in [-0.25, -0.2) is 12.7 Å². The van der Waals surface area contributed by atoms with Crippen molar-refractivity contribution in [3.8, 4) is 0 Å². The Morgan fingerprint density at radius 2 is 1.82 bits per heavy atom. The Balaban J connectivity index is 4.23. The van der Waals surface area contributed by atoms with E-state index < -0.39 is 22.0 Å². The van der Waals surface area contributed by atoms with Crippen molar-refractivity contribution in [1.82, 2.24) is 9.21 Å². The summed E-state index contributed by atoms with van der Waals surface area (Å²) >= 11 is 0. The third kappa shape index (κ3) is 6.57. The van der Waals surface area contributed by atoms with Gasteiger partial charge in [0.05, 0.1) is 5.75 Å². The van der Waals surface area contributed by atoms with E-state index in [2.05, 4.69) is 0 Å². The molecule has 0 aromatic carbocycles. The zero-order chi connectivity index (χ0) is 13.6. The van der Waals surface area contributed by atoms with Crippen molar-refractivity contribution in [3.05, 3.63) is 0 Å². The van der Waals surface area contributed by atoms with Gasteiger partial charge in [0.2, 0.25) is 10.0 Å². The third-order valence-electron chi connectivity index (χ3n) is 2.34. The van der Waals surface area contributed by atoms with E-state index >= 15 is 0 Å². The van der Waals surface area contributed by atoms with Gasteiger partial charge in [0, 0.05) is 20.1 Å². The van der Waals surface area contributed by atoms with Gasteiger partial charge in [0.15, 0.2) is 0 Å². The van der Waals surface area contributed by atoms with Gasteiger partial charge in [-0.15, -0.1) is 0 Å². The van der Waals surface area contributed by atoms with Gasteiger partial charge < -0.3 is 15.7 Å². The molecule has 0 amide bonds. The van der Waals surface area contributed by atoms with E-state index in [1.807, 2.05) is 19.0 Å². The maximum Gasteiger partial charge on any atom is 0.320 e. The summed E-state index contributed by atoms with van der Waals surface area (Å²) in [7, 11) is 1.75. The van der Waals surface area contributed by atoms with Crippen LogP contribution in [0.25, 0.3) is 0 Å². The Hall–Kier alpha value is -0.700. The number of hydrogen-bond acceptors (Lipinski definition) is 5. The second-order valence-corrected chi connectivity index (χ2v) is 6.37. The molecule has 7 nitrogen and oxygen atoms in total. The molecule has 0 spiro atoms. The van der Waals surface area contributed by atoms with Crippen LogP contribution in [0.4, 0.5) is 0 Å². The summed E-state index contributed by atoms with van der Waals surface area (Å²) in [6, 6.07) is -1.13. The zero-order valence-corrected chi connectivity index (χ0v) is 11.3. The molecule has 0 aliphatic rings. The number of hydrogen-bond donors (Lipinski definition) is 2. The van der Waals surface area contributed by atoms with E-state index in [9.17, 15) is 13.2 Å². The van der Waals surface area contributed by atoms with Crippen LogP contribution in [0.5, 0.6) is 0 Å². The van der Waals surface area contributed by atoms with Crippen molar-refractivity contribution in [2.75, 3.05) is 40.0 Å². The number of carboxylic acids is 1. The first-order valence-corrected chi connectivity index (χ1v) is 6.85. The lowest BCUT2D eigenvalue weighted by atomic mass is 10.2. The highest BCUT2D eigenvalue weighted by Gasteiger charge is 2.21. The molecule has 0 aromatic heterocycles. The molecule has 0 aromatic rings. The van der Waals surface area contributed by atoms with Gasteiger partial charge in [-0.1, -0.05) is 0 Å². The molecule has 0 saturated carbocycles. The SMILES string of the molecule is CN(C)CCN(C)S(=O)(=O)CC[C@H](N)C(=O)O. The summed E-state index contributed by atoms with van der Waals surface area (Å²) < 4.78 is 24.7. The summed E-state index contributed by atoms with van der Waals surface area (Å²) in [5, 5.41) is 8.55. The van der Waals surface area contributed by atoms with Gasteiger partial charge >= 0.3 is 5.97 Å². The molecule has 0 aliphatic heterocycles. The van der Waals surface area contributed by atoms with Crippen molar-refractivity contribution in [2.45, 2.75) is 12.5 Å². The van der Waals surface area contributed by atoms with Crippen LogP contribution in [0.15, 0.2) is 0 Å². The number of carboxylic acid groups (broad SMARTS) is 1. The Morgan fingerprint density at radius 1 is 1.29 bits per heavy atom. The Kier molecular flexibility index (Phi) is 6.61. The highest BCUT2D eigenvalue weighted by Crippen LogP contribution is 2.02. The number of sulfonamides is 1. The molecule has 0 aliphatic carbocycles. The summed E-state index contributed by atoms with van der Waals surface area (Å²) in [6.07, 6.45) is -0.0794. The minimum absolute atomic E-state index is 0.0794. The molecule has 0 fully saturated rings. The largest absolute Gasteiger partial charge is 0.480 e. The molecule has 1 atom stereocenters. The smallest absolute Gasteiger partial charge is 0.320 e. The second kappa shape index (κ2) is 6.90. The fourth-order valence-corrected chi connectivity index (χ4v) is 2.26. The molecular weight excluding hydrogens is 246 g/mol. The van der Waals surface area contributed by atoms with Gasteiger partial charge in [0.1, 0.15) is 6.04 Å². The summed E-state index contributed by atoms with van der Waals surface area (Å²) in [5.74, 6) is -1.43. The fourth-order valence-electron chi connectivity index (χ4n) is 1.04. The minimum Gasteiger partial charge on any atom is -0.480 e. The molecular formula is C9H21N3O4S. The Labute approximate surface area is 102 Å². The Morgan fingerprint density at radius 3 is 2.24 bits per heavy atom. The van der Waals surface area contributed by atoms with E-state index in [4.69, 9.17) is 10.8 Å². The molecule has 0 heterocycles. The highest BCUT2D eigenvalue weighted by atomic mass is 32.2.